The monoisotopic (exact) mass is 315 g/mol. The topological polar surface area (TPSA) is 78.5 Å². The minimum absolute atomic E-state index is 0.0519. The molecule has 0 radical (unpaired) electrons. The van der Waals surface area contributed by atoms with E-state index in [4.69, 9.17) is 0 Å². The largest absolute Gasteiger partial charge is 0.345 e. The molecule has 1 heterocycles. The highest BCUT2D eigenvalue weighted by molar-refractivity contribution is 6.03. The Hall–Kier alpha value is -2.37. The molecule has 0 bridgehead atoms. The third-order valence-corrected chi connectivity index (χ3v) is 4.61. The maximum atomic E-state index is 12.4. The van der Waals surface area contributed by atoms with Crippen LogP contribution < -0.4 is 10.6 Å². The lowest BCUT2D eigenvalue weighted by Gasteiger charge is -2.32. The van der Waals surface area contributed by atoms with Gasteiger partial charge in [-0.3, -0.25) is 14.9 Å². The molecule has 4 amide bonds. The smallest absolute Gasteiger partial charge is 0.325 e. The van der Waals surface area contributed by atoms with Crippen molar-refractivity contribution in [2.75, 3.05) is 13.1 Å². The highest BCUT2D eigenvalue weighted by Crippen LogP contribution is 2.39. The molecule has 0 unspecified atom stereocenters. The predicted molar refractivity (Wildman–Crippen MR) is 84.6 cm³/mol. The van der Waals surface area contributed by atoms with Gasteiger partial charge in [0, 0.05) is 0 Å². The van der Waals surface area contributed by atoms with Crippen molar-refractivity contribution in [3.05, 3.63) is 35.4 Å². The van der Waals surface area contributed by atoms with E-state index < -0.39 is 6.03 Å². The summed E-state index contributed by atoms with van der Waals surface area (Å²) in [4.78, 5) is 36.4. The third-order valence-electron chi connectivity index (χ3n) is 4.61. The van der Waals surface area contributed by atoms with Gasteiger partial charge in [0.1, 0.15) is 13.1 Å². The molecule has 3 rings (SSSR count). The second-order valence-corrected chi connectivity index (χ2v) is 6.42. The van der Waals surface area contributed by atoms with Crippen LogP contribution in [0.5, 0.6) is 0 Å². The molecular weight excluding hydrogens is 294 g/mol. The molecule has 2 fully saturated rings. The predicted octanol–water partition coefficient (Wildman–Crippen LogP) is 1.43. The number of imide groups is 1. The van der Waals surface area contributed by atoms with Gasteiger partial charge in [0.2, 0.25) is 11.8 Å². The quantitative estimate of drug-likeness (QED) is 0.825. The van der Waals surface area contributed by atoms with E-state index in [0.717, 1.165) is 36.8 Å². The van der Waals surface area contributed by atoms with E-state index in [0.29, 0.717) is 0 Å². The molecule has 1 saturated carbocycles. The Morgan fingerprint density at radius 3 is 2.65 bits per heavy atom. The molecule has 1 saturated heterocycles. The Bertz CT molecular complexity index is 650. The number of urea groups is 1. The Balaban J connectivity index is 1.74. The third kappa shape index (κ3) is 3.21. The SMILES string of the molecule is Cc1cccc(C2(NC(=O)CN3CC(=O)NC3=O)CCCC2)c1. The highest BCUT2D eigenvalue weighted by Gasteiger charge is 2.38. The first-order valence-electron chi connectivity index (χ1n) is 7.95. The summed E-state index contributed by atoms with van der Waals surface area (Å²) in [6.45, 7) is 1.89. The second-order valence-electron chi connectivity index (χ2n) is 6.42. The number of nitrogens with one attached hydrogen (secondary N) is 2. The first-order valence-corrected chi connectivity index (χ1v) is 7.95. The lowest BCUT2D eigenvalue weighted by Crippen LogP contribution is -2.48. The average molecular weight is 315 g/mol. The van der Waals surface area contributed by atoms with Gasteiger partial charge in [-0.25, -0.2) is 4.79 Å². The summed E-state index contributed by atoms with van der Waals surface area (Å²) in [7, 11) is 0. The van der Waals surface area contributed by atoms with Crippen LogP contribution >= 0.6 is 0 Å². The van der Waals surface area contributed by atoms with Crippen molar-refractivity contribution in [1.82, 2.24) is 15.5 Å². The van der Waals surface area contributed by atoms with E-state index in [2.05, 4.69) is 16.7 Å². The van der Waals surface area contributed by atoms with Crippen LogP contribution in [0.15, 0.2) is 24.3 Å². The minimum atomic E-state index is -0.499. The fourth-order valence-corrected chi connectivity index (χ4v) is 3.50. The molecule has 0 spiro atoms. The summed E-state index contributed by atoms with van der Waals surface area (Å²) < 4.78 is 0. The van der Waals surface area contributed by atoms with E-state index in [1.165, 1.54) is 4.90 Å². The summed E-state index contributed by atoms with van der Waals surface area (Å²) in [6, 6.07) is 7.70. The van der Waals surface area contributed by atoms with Crippen molar-refractivity contribution >= 4 is 17.8 Å². The Kier molecular flexibility index (Phi) is 4.07. The molecule has 2 aliphatic rings. The molecule has 1 aliphatic heterocycles. The van der Waals surface area contributed by atoms with Crippen molar-refractivity contribution in [1.29, 1.82) is 0 Å². The number of carbonyl (C=O) groups excluding carboxylic acids is 3. The van der Waals surface area contributed by atoms with Gasteiger partial charge < -0.3 is 10.2 Å². The molecule has 6 heteroatoms. The van der Waals surface area contributed by atoms with E-state index in [1.54, 1.807) is 0 Å². The molecule has 6 nitrogen and oxygen atoms in total. The summed E-state index contributed by atoms with van der Waals surface area (Å²) in [5.74, 6) is -0.588. The van der Waals surface area contributed by atoms with Crippen LogP contribution in [0.4, 0.5) is 4.79 Å². The maximum Gasteiger partial charge on any atom is 0.325 e. The number of hydrogen-bond acceptors (Lipinski definition) is 3. The zero-order chi connectivity index (χ0) is 16.4. The van der Waals surface area contributed by atoms with Crippen LogP contribution in [0.25, 0.3) is 0 Å². The Morgan fingerprint density at radius 1 is 1.30 bits per heavy atom. The number of amides is 4. The molecule has 1 aromatic carbocycles. The summed E-state index contributed by atoms with van der Waals surface area (Å²) in [5.41, 5.74) is 1.92. The molecule has 23 heavy (non-hydrogen) atoms. The lowest BCUT2D eigenvalue weighted by atomic mass is 9.87. The second kappa shape index (κ2) is 6.02. The molecular formula is C17H21N3O3. The molecule has 1 aliphatic carbocycles. The van der Waals surface area contributed by atoms with Crippen LogP contribution in [0.2, 0.25) is 0 Å². The van der Waals surface area contributed by atoms with Crippen molar-refractivity contribution in [2.24, 2.45) is 0 Å². The van der Waals surface area contributed by atoms with Crippen LogP contribution in [0.3, 0.4) is 0 Å². The normalized spacial score (nSPS) is 19.8. The van der Waals surface area contributed by atoms with Gasteiger partial charge in [-0.05, 0) is 25.3 Å². The number of rotatable bonds is 4. The van der Waals surface area contributed by atoms with Crippen molar-refractivity contribution in [3.8, 4) is 0 Å². The Labute approximate surface area is 135 Å². The fourth-order valence-electron chi connectivity index (χ4n) is 3.50. The van der Waals surface area contributed by atoms with Gasteiger partial charge >= 0.3 is 6.03 Å². The minimum Gasteiger partial charge on any atom is -0.345 e. The van der Waals surface area contributed by atoms with Gasteiger partial charge in [-0.2, -0.15) is 0 Å². The zero-order valence-corrected chi connectivity index (χ0v) is 13.2. The standard InChI is InChI=1S/C17H21N3O3/c1-12-5-4-6-13(9-12)17(7-2-3-8-17)19-15(22)11-20-10-14(21)18-16(20)23/h4-6,9H,2-3,7-8,10-11H2,1H3,(H,19,22)(H,18,21,23). The molecule has 0 aromatic heterocycles. The number of hydrogen-bond donors (Lipinski definition) is 2. The first-order chi connectivity index (χ1) is 11.0. The summed E-state index contributed by atoms with van der Waals surface area (Å²) >= 11 is 0. The molecule has 2 N–H and O–H groups in total. The fraction of sp³-hybridized carbons (Fsp3) is 0.471. The molecule has 0 atom stereocenters. The number of benzene rings is 1. The van der Waals surface area contributed by atoms with Gasteiger partial charge in [0.05, 0.1) is 5.54 Å². The molecule has 1 aromatic rings. The van der Waals surface area contributed by atoms with Crippen LogP contribution in [-0.4, -0.2) is 35.8 Å². The van der Waals surface area contributed by atoms with Gasteiger partial charge in [0.15, 0.2) is 0 Å². The van der Waals surface area contributed by atoms with E-state index in [-0.39, 0.29) is 30.4 Å². The van der Waals surface area contributed by atoms with Crippen molar-refractivity contribution in [2.45, 2.75) is 38.1 Å². The van der Waals surface area contributed by atoms with Crippen molar-refractivity contribution in [3.63, 3.8) is 0 Å². The summed E-state index contributed by atoms with van der Waals surface area (Å²) in [5, 5.41) is 5.31. The first kappa shape index (κ1) is 15.5. The number of nitrogens with zero attached hydrogens (tertiary/aromatic N) is 1. The lowest BCUT2D eigenvalue weighted by molar-refractivity contribution is -0.123. The summed E-state index contributed by atoms with van der Waals surface area (Å²) in [6.07, 6.45) is 3.93. The van der Waals surface area contributed by atoms with Gasteiger partial charge in [-0.15, -0.1) is 0 Å². The number of carbonyl (C=O) groups is 3. The van der Waals surface area contributed by atoms with Crippen molar-refractivity contribution < 1.29 is 14.4 Å². The van der Waals surface area contributed by atoms with E-state index >= 15 is 0 Å². The van der Waals surface area contributed by atoms with Crippen LogP contribution in [0.1, 0.15) is 36.8 Å². The van der Waals surface area contributed by atoms with E-state index in [1.807, 2.05) is 25.1 Å². The van der Waals surface area contributed by atoms with E-state index in [9.17, 15) is 14.4 Å². The zero-order valence-electron chi connectivity index (χ0n) is 13.2. The number of aryl methyl sites for hydroxylation is 1. The molecule has 122 valence electrons. The highest BCUT2D eigenvalue weighted by atomic mass is 16.2. The van der Waals surface area contributed by atoms with Gasteiger partial charge in [0.25, 0.3) is 0 Å². The van der Waals surface area contributed by atoms with Crippen LogP contribution in [0, 0.1) is 6.92 Å². The average Bonchev–Trinajstić information content (AvgIpc) is 3.07. The maximum absolute atomic E-state index is 12.4. The Morgan fingerprint density at radius 2 is 2.04 bits per heavy atom. The van der Waals surface area contributed by atoms with Gasteiger partial charge in [-0.1, -0.05) is 42.7 Å². The van der Waals surface area contributed by atoms with Crippen LogP contribution in [-0.2, 0) is 15.1 Å².